The van der Waals surface area contributed by atoms with Gasteiger partial charge in [0, 0.05) is 6.04 Å². The van der Waals surface area contributed by atoms with Crippen molar-refractivity contribution in [1.82, 2.24) is 0 Å². The molecule has 2 atom stereocenters. The third-order valence-corrected chi connectivity index (χ3v) is 4.02. The highest BCUT2D eigenvalue weighted by atomic mass is 14.7. The molecule has 0 heterocycles. The van der Waals surface area contributed by atoms with Crippen molar-refractivity contribution in [2.75, 3.05) is 0 Å². The molecule has 2 N–H and O–H groups in total. The van der Waals surface area contributed by atoms with Crippen LogP contribution in [0.1, 0.15) is 37.2 Å². The van der Waals surface area contributed by atoms with Gasteiger partial charge in [0.05, 0.1) is 0 Å². The maximum atomic E-state index is 6.23. The number of hydrogen-bond donors (Lipinski definition) is 1. The predicted molar refractivity (Wildman–Crippen MR) is 58.1 cm³/mol. The molecule has 1 heteroatoms. The molecule has 74 valence electrons. The Kier molecular flexibility index (Phi) is 1.72. The highest BCUT2D eigenvalue weighted by molar-refractivity contribution is 5.25. The van der Waals surface area contributed by atoms with Gasteiger partial charge in [0.2, 0.25) is 0 Å². The molecule has 2 aliphatic carbocycles. The van der Waals surface area contributed by atoms with Crippen LogP contribution in [0, 0.1) is 5.41 Å². The first kappa shape index (κ1) is 8.49. The van der Waals surface area contributed by atoms with Gasteiger partial charge in [-0.2, -0.15) is 0 Å². The minimum absolute atomic E-state index is 0.403. The van der Waals surface area contributed by atoms with Crippen LogP contribution < -0.4 is 5.73 Å². The standard InChI is InChI=1S/C13H17N/c14-12-9-13(6-7-13)8-11(12)10-4-2-1-3-5-10/h1-5,11-12H,6-9,14H2/t11-,12+/m1/s1. The third kappa shape index (κ3) is 1.27. The van der Waals surface area contributed by atoms with Crippen molar-refractivity contribution in [2.24, 2.45) is 11.1 Å². The molecule has 3 rings (SSSR count). The van der Waals surface area contributed by atoms with Crippen molar-refractivity contribution < 1.29 is 0 Å². The molecule has 1 aromatic rings. The fraction of sp³-hybridized carbons (Fsp3) is 0.538. The van der Waals surface area contributed by atoms with Crippen LogP contribution >= 0.6 is 0 Å². The zero-order chi connectivity index (χ0) is 9.60. The molecule has 14 heavy (non-hydrogen) atoms. The van der Waals surface area contributed by atoms with Crippen molar-refractivity contribution in [3.8, 4) is 0 Å². The lowest BCUT2D eigenvalue weighted by Gasteiger charge is -2.14. The molecule has 0 amide bonds. The Morgan fingerprint density at radius 2 is 1.79 bits per heavy atom. The van der Waals surface area contributed by atoms with E-state index >= 15 is 0 Å². The van der Waals surface area contributed by atoms with Gasteiger partial charge in [0.1, 0.15) is 0 Å². The first-order valence-electron chi connectivity index (χ1n) is 5.60. The Hall–Kier alpha value is -0.820. The smallest absolute Gasteiger partial charge is 0.0113 e. The molecule has 2 saturated carbocycles. The van der Waals surface area contributed by atoms with Gasteiger partial charge in [-0.1, -0.05) is 30.3 Å². The molecule has 1 nitrogen and oxygen atoms in total. The summed E-state index contributed by atoms with van der Waals surface area (Å²) in [6, 6.07) is 11.2. The fourth-order valence-electron chi connectivity index (χ4n) is 2.99. The molecule has 2 fully saturated rings. The Morgan fingerprint density at radius 1 is 1.07 bits per heavy atom. The van der Waals surface area contributed by atoms with E-state index in [0.29, 0.717) is 17.4 Å². The Morgan fingerprint density at radius 3 is 2.36 bits per heavy atom. The SMILES string of the molecule is N[C@H]1CC2(CC2)C[C@@H]1c1ccccc1. The average molecular weight is 187 g/mol. The summed E-state index contributed by atoms with van der Waals surface area (Å²) in [5.74, 6) is 0.624. The maximum Gasteiger partial charge on any atom is 0.0113 e. The summed E-state index contributed by atoms with van der Waals surface area (Å²) in [5, 5.41) is 0. The summed E-state index contributed by atoms with van der Waals surface area (Å²) in [7, 11) is 0. The van der Waals surface area contributed by atoms with Crippen LogP contribution in [0.4, 0.5) is 0 Å². The first-order chi connectivity index (χ1) is 6.79. The lowest BCUT2D eigenvalue weighted by Crippen LogP contribution is -2.22. The van der Waals surface area contributed by atoms with Gasteiger partial charge in [0.25, 0.3) is 0 Å². The molecular weight excluding hydrogens is 170 g/mol. The van der Waals surface area contributed by atoms with Gasteiger partial charge in [-0.05, 0) is 42.6 Å². The topological polar surface area (TPSA) is 26.0 Å². The van der Waals surface area contributed by atoms with Gasteiger partial charge in [0.15, 0.2) is 0 Å². The number of nitrogens with two attached hydrogens (primary N) is 1. The van der Waals surface area contributed by atoms with E-state index in [0.717, 1.165) is 0 Å². The molecule has 0 unspecified atom stereocenters. The summed E-state index contributed by atoms with van der Waals surface area (Å²) in [5.41, 5.74) is 8.34. The second-order valence-electron chi connectivity index (χ2n) is 5.09. The van der Waals surface area contributed by atoms with Crippen LogP contribution in [0.15, 0.2) is 30.3 Å². The van der Waals surface area contributed by atoms with Crippen molar-refractivity contribution in [3.05, 3.63) is 35.9 Å². The van der Waals surface area contributed by atoms with Gasteiger partial charge >= 0.3 is 0 Å². The first-order valence-corrected chi connectivity index (χ1v) is 5.60. The number of hydrogen-bond acceptors (Lipinski definition) is 1. The molecule has 0 radical (unpaired) electrons. The molecule has 0 aromatic heterocycles. The zero-order valence-electron chi connectivity index (χ0n) is 8.45. The van der Waals surface area contributed by atoms with E-state index in [1.165, 1.54) is 31.2 Å². The predicted octanol–water partition coefficient (Wildman–Crippen LogP) is 2.67. The average Bonchev–Trinajstić information content (AvgIpc) is 2.86. The molecule has 1 spiro atoms. The Labute approximate surface area is 85.3 Å². The summed E-state index contributed by atoms with van der Waals surface area (Å²) >= 11 is 0. The van der Waals surface area contributed by atoms with E-state index in [2.05, 4.69) is 30.3 Å². The second-order valence-corrected chi connectivity index (χ2v) is 5.09. The van der Waals surface area contributed by atoms with Crippen molar-refractivity contribution in [1.29, 1.82) is 0 Å². The Bertz CT molecular complexity index is 326. The molecule has 0 aliphatic heterocycles. The Balaban J connectivity index is 1.86. The van der Waals surface area contributed by atoms with Crippen molar-refractivity contribution in [3.63, 3.8) is 0 Å². The molecule has 0 bridgehead atoms. The summed E-state index contributed by atoms with van der Waals surface area (Å²) in [6.07, 6.45) is 5.43. The fourth-order valence-corrected chi connectivity index (χ4v) is 2.99. The third-order valence-electron chi connectivity index (χ3n) is 4.02. The van der Waals surface area contributed by atoms with Crippen LogP contribution in [-0.2, 0) is 0 Å². The van der Waals surface area contributed by atoms with E-state index in [-0.39, 0.29) is 0 Å². The van der Waals surface area contributed by atoms with Crippen LogP contribution in [0.5, 0.6) is 0 Å². The summed E-state index contributed by atoms with van der Waals surface area (Å²) in [6.45, 7) is 0. The minimum Gasteiger partial charge on any atom is -0.327 e. The van der Waals surface area contributed by atoms with Gasteiger partial charge in [-0.25, -0.2) is 0 Å². The number of benzene rings is 1. The van der Waals surface area contributed by atoms with E-state index in [1.54, 1.807) is 0 Å². The summed E-state index contributed by atoms with van der Waals surface area (Å²) < 4.78 is 0. The number of rotatable bonds is 1. The van der Waals surface area contributed by atoms with E-state index in [9.17, 15) is 0 Å². The lowest BCUT2D eigenvalue weighted by atomic mass is 9.94. The highest BCUT2D eigenvalue weighted by Gasteiger charge is 2.51. The van der Waals surface area contributed by atoms with Crippen LogP contribution in [0.3, 0.4) is 0 Å². The van der Waals surface area contributed by atoms with Crippen molar-refractivity contribution >= 4 is 0 Å². The van der Waals surface area contributed by atoms with E-state index < -0.39 is 0 Å². The molecular formula is C13H17N. The minimum atomic E-state index is 0.403. The largest absolute Gasteiger partial charge is 0.327 e. The monoisotopic (exact) mass is 187 g/mol. The van der Waals surface area contributed by atoms with Gasteiger partial charge < -0.3 is 5.73 Å². The van der Waals surface area contributed by atoms with E-state index in [4.69, 9.17) is 5.73 Å². The van der Waals surface area contributed by atoms with Gasteiger partial charge in [-0.15, -0.1) is 0 Å². The van der Waals surface area contributed by atoms with Crippen LogP contribution in [0.2, 0.25) is 0 Å². The maximum absolute atomic E-state index is 6.23. The van der Waals surface area contributed by atoms with Crippen LogP contribution in [-0.4, -0.2) is 6.04 Å². The van der Waals surface area contributed by atoms with E-state index in [1.807, 2.05) is 0 Å². The normalized spacial score (nSPS) is 33.5. The van der Waals surface area contributed by atoms with Crippen LogP contribution in [0.25, 0.3) is 0 Å². The second kappa shape index (κ2) is 2.83. The lowest BCUT2D eigenvalue weighted by molar-refractivity contribution is 0.520. The summed E-state index contributed by atoms with van der Waals surface area (Å²) in [4.78, 5) is 0. The molecule has 0 saturated heterocycles. The highest BCUT2D eigenvalue weighted by Crippen LogP contribution is 2.61. The molecule has 1 aromatic carbocycles. The quantitative estimate of drug-likeness (QED) is 0.718. The van der Waals surface area contributed by atoms with Crippen molar-refractivity contribution in [2.45, 2.75) is 37.6 Å². The van der Waals surface area contributed by atoms with Gasteiger partial charge in [-0.3, -0.25) is 0 Å². The molecule has 2 aliphatic rings. The zero-order valence-corrected chi connectivity index (χ0v) is 8.45.